The number of nitrogens with one attached hydrogen (secondary N) is 1. The zero-order valence-electron chi connectivity index (χ0n) is 10.4. The zero-order valence-corrected chi connectivity index (χ0v) is 10.4. The monoisotopic (exact) mass is 198 g/mol. The second kappa shape index (κ2) is 5.77. The van der Waals surface area contributed by atoms with Crippen LogP contribution in [0.1, 0.15) is 53.9 Å². The highest BCUT2D eigenvalue weighted by molar-refractivity contribution is 6.30. The van der Waals surface area contributed by atoms with Crippen LogP contribution in [0.15, 0.2) is 0 Å². The van der Waals surface area contributed by atoms with E-state index in [0.717, 1.165) is 25.8 Å². The molecule has 3 heteroatoms. The van der Waals surface area contributed by atoms with Crippen LogP contribution in [0, 0.1) is 0 Å². The molecule has 0 amide bonds. The predicted octanol–water partition coefficient (Wildman–Crippen LogP) is 2.35. The van der Waals surface area contributed by atoms with Crippen LogP contribution < -0.4 is 5.32 Å². The minimum absolute atomic E-state index is 0.000432. The van der Waals surface area contributed by atoms with Crippen molar-refractivity contribution in [3.8, 4) is 0 Å². The minimum atomic E-state index is -0.000432. The Balaban J connectivity index is 3.63. The molecule has 1 atom stereocenters. The summed E-state index contributed by atoms with van der Waals surface area (Å²) in [5, 5.41) is 12.5. The Morgan fingerprint density at radius 3 is 2.14 bits per heavy atom. The standard InChI is InChI=1S/C11H25BNO/c1-6-11(5,12-14)8-7-9-13-10(2,3)4/h13-14H,6-9H2,1-5H3. The summed E-state index contributed by atoms with van der Waals surface area (Å²) in [6, 6.07) is 0. The Labute approximate surface area is 89.8 Å². The van der Waals surface area contributed by atoms with Crippen LogP contribution in [0.25, 0.3) is 0 Å². The maximum absolute atomic E-state index is 9.10. The van der Waals surface area contributed by atoms with Crippen molar-refractivity contribution in [1.82, 2.24) is 5.32 Å². The molecule has 0 aliphatic heterocycles. The number of hydrogen-bond donors (Lipinski definition) is 2. The predicted molar refractivity (Wildman–Crippen MR) is 63.6 cm³/mol. The molecule has 0 rings (SSSR count). The Hall–Kier alpha value is -0.0151. The van der Waals surface area contributed by atoms with Crippen molar-refractivity contribution in [3.05, 3.63) is 0 Å². The summed E-state index contributed by atoms with van der Waals surface area (Å²) in [5.74, 6) is 0. The second-order valence-corrected chi connectivity index (χ2v) is 5.42. The molecule has 0 aliphatic rings. The van der Waals surface area contributed by atoms with Crippen molar-refractivity contribution in [2.45, 2.75) is 64.7 Å². The molecule has 0 aromatic rings. The quantitative estimate of drug-likeness (QED) is 0.507. The van der Waals surface area contributed by atoms with E-state index in [0.29, 0.717) is 0 Å². The molecule has 0 bridgehead atoms. The van der Waals surface area contributed by atoms with Gasteiger partial charge in [-0.3, -0.25) is 0 Å². The highest BCUT2D eigenvalue weighted by atomic mass is 16.2. The van der Waals surface area contributed by atoms with Gasteiger partial charge in [0.15, 0.2) is 0 Å². The topological polar surface area (TPSA) is 32.3 Å². The SMILES string of the molecule is CCC(C)([B]O)CCCNC(C)(C)C. The van der Waals surface area contributed by atoms with Crippen molar-refractivity contribution in [2.75, 3.05) is 6.54 Å². The molecule has 0 saturated heterocycles. The summed E-state index contributed by atoms with van der Waals surface area (Å²) < 4.78 is 0. The Morgan fingerprint density at radius 1 is 1.21 bits per heavy atom. The summed E-state index contributed by atoms with van der Waals surface area (Å²) in [5.41, 5.74) is 0.200. The maximum Gasteiger partial charge on any atom is 0.293 e. The van der Waals surface area contributed by atoms with Gasteiger partial charge >= 0.3 is 0 Å². The van der Waals surface area contributed by atoms with Crippen LogP contribution in [-0.2, 0) is 0 Å². The summed E-state index contributed by atoms with van der Waals surface area (Å²) in [4.78, 5) is 0. The Morgan fingerprint density at radius 2 is 1.79 bits per heavy atom. The van der Waals surface area contributed by atoms with E-state index >= 15 is 0 Å². The van der Waals surface area contributed by atoms with Gasteiger partial charge in [0.1, 0.15) is 0 Å². The van der Waals surface area contributed by atoms with Gasteiger partial charge in [-0.2, -0.15) is 0 Å². The van der Waals surface area contributed by atoms with Crippen molar-refractivity contribution in [2.24, 2.45) is 0 Å². The van der Waals surface area contributed by atoms with E-state index in [1.165, 1.54) is 7.48 Å². The molecule has 0 aromatic heterocycles. The summed E-state index contributed by atoms with van der Waals surface area (Å²) >= 11 is 0. The molecule has 0 spiro atoms. The van der Waals surface area contributed by atoms with E-state index in [1.54, 1.807) is 0 Å². The molecular weight excluding hydrogens is 173 g/mol. The fourth-order valence-electron chi connectivity index (χ4n) is 1.29. The van der Waals surface area contributed by atoms with Gasteiger partial charge in [-0.05, 0) is 39.1 Å². The van der Waals surface area contributed by atoms with Crippen LogP contribution in [0.4, 0.5) is 0 Å². The summed E-state index contributed by atoms with van der Waals surface area (Å²) in [7, 11) is 1.35. The zero-order chi connectivity index (χ0) is 11.2. The molecule has 0 aliphatic carbocycles. The van der Waals surface area contributed by atoms with Crippen LogP contribution in [0.2, 0.25) is 5.31 Å². The first kappa shape index (κ1) is 14.0. The molecule has 1 radical (unpaired) electrons. The maximum atomic E-state index is 9.10. The average Bonchev–Trinajstić information content (AvgIpc) is 2.11. The van der Waals surface area contributed by atoms with Gasteiger partial charge in [-0.1, -0.05) is 26.7 Å². The third-order valence-corrected chi connectivity index (χ3v) is 2.70. The molecule has 83 valence electrons. The lowest BCUT2D eigenvalue weighted by molar-refractivity contribution is 0.394. The average molecular weight is 198 g/mol. The normalized spacial score (nSPS) is 16.4. The van der Waals surface area contributed by atoms with E-state index in [9.17, 15) is 0 Å². The smallest absolute Gasteiger partial charge is 0.293 e. The molecule has 0 saturated carbocycles. The van der Waals surface area contributed by atoms with E-state index < -0.39 is 0 Å². The largest absolute Gasteiger partial charge is 0.454 e. The van der Waals surface area contributed by atoms with Crippen LogP contribution in [0.3, 0.4) is 0 Å². The lowest BCUT2D eigenvalue weighted by Crippen LogP contribution is -2.36. The van der Waals surface area contributed by atoms with Gasteiger partial charge in [0, 0.05) is 5.54 Å². The Kier molecular flexibility index (Phi) is 5.76. The van der Waals surface area contributed by atoms with Gasteiger partial charge < -0.3 is 10.3 Å². The highest BCUT2D eigenvalue weighted by Gasteiger charge is 2.22. The number of hydrogen-bond acceptors (Lipinski definition) is 2. The summed E-state index contributed by atoms with van der Waals surface area (Å²) in [6.07, 6.45) is 3.15. The van der Waals surface area contributed by atoms with Crippen molar-refractivity contribution < 1.29 is 5.02 Å². The van der Waals surface area contributed by atoms with Crippen LogP contribution in [0.5, 0.6) is 0 Å². The van der Waals surface area contributed by atoms with Gasteiger partial charge in [-0.25, -0.2) is 0 Å². The second-order valence-electron chi connectivity index (χ2n) is 5.42. The highest BCUT2D eigenvalue weighted by Crippen LogP contribution is 2.32. The van der Waals surface area contributed by atoms with E-state index in [4.69, 9.17) is 5.02 Å². The summed E-state index contributed by atoms with van der Waals surface area (Å²) in [6.45, 7) is 11.7. The van der Waals surface area contributed by atoms with Crippen molar-refractivity contribution >= 4 is 7.48 Å². The van der Waals surface area contributed by atoms with Crippen molar-refractivity contribution in [1.29, 1.82) is 0 Å². The number of rotatable bonds is 6. The fourth-order valence-corrected chi connectivity index (χ4v) is 1.29. The molecule has 0 fully saturated rings. The third kappa shape index (κ3) is 6.44. The lowest BCUT2D eigenvalue weighted by atomic mass is 9.61. The van der Waals surface area contributed by atoms with E-state index in [-0.39, 0.29) is 10.9 Å². The lowest BCUT2D eigenvalue weighted by Gasteiger charge is -2.26. The van der Waals surface area contributed by atoms with Gasteiger partial charge in [0.2, 0.25) is 0 Å². The van der Waals surface area contributed by atoms with Crippen molar-refractivity contribution in [3.63, 3.8) is 0 Å². The van der Waals surface area contributed by atoms with Gasteiger partial charge in [-0.15, -0.1) is 0 Å². The molecular formula is C11H25BNO. The third-order valence-electron chi connectivity index (χ3n) is 2.70. The molecule has 1 unspecified atom stereocenters. The van der Waals surface area contributed by atoms with Crippen LogP contribution >= 0.6 is 0 Å². The molecule has 2 nitrogen and oxygen atoms in total. The van der Waals surface area contributed by atoms with Gasteiger partial charge in [0.05, 0.1) is 0 Å². The molecule has 2 N–H and O–H groups in total. The first-order valence-electron chi connectivity index (χ1n) is 5.56. The molecule has 0 aromatic carbocycles. The Bertz CT molecular complexity index is 150. The first-order valence-corrected chi connectivity index (χ1v) is 5.56. The van der Waals surface area contributed by atoms with Crippen LogP contribution in [-0.4, -0.2) is 24.6 Å². The van der Waals surface area contributed by atoms with Gasteiger partial charge in [0.25, 0.3) is 7.48 Å². The van der Waals surface area contributed by atoms with E-state index in [1.807, 2.05) is 0 Å². The van der Waals surface area contributed by atoms with E-state index in [2.05, 4.69) is 39.9 Å². The first-order chi connectivity index (χ1) is 6.33. The minimum Gasteiger partial charge on any atom is -0.454 e. The fraction of sp³-hybridized carbons (Fsp3) is 1.00. The molecule has 14 heavy (non-hydrogen) atoms. The molecule has 0 heterocycles.